The van der Waals surface area contributed by atoms with Crippen LogP contribution in [0.15, 0.2) is 54.6 Å². The first-order valence-corrected chi connectivity index (χ1v) is 10.2. The molecule has 0 spiro atoms. The lowest BCUT2D eigenvalue weighted by Crippen LogP contribution is -2.48. The number of anilines is 1. The second-order valence-electron chi connectivity index (χ2n) is 7.25. The number of piperazine rings is 1. The first-order chi connectivity index (χ1) is 14.7. The molecule has 0 aliphatic carbocycles. The Labute approximate surface area is 176 Å². The van der Waals surface area contributed by atoms with Gasteiger partial charge in [-0.25, -0.2) is 0 Å². The van der Waals surface area contributed by atoms with E-state index in [9.17, 15) is 4.79 Å². The number of nitrogens with zero attached hydrogens (tertiary/aromatic N) is 6. The highest BCUT2D eigenvalue weighted by Crippen LogP contribution is 2.22. The van der Waals surface area contributed by atoms with E-state index in [4.69, 9.17) is 4.74 Å². The van der Waals surface area contributed by atoms with Crippen molar-refractivity contribution in [2.24, 2.45) is 0 Å². The Balaban J connectivity index is 1.22. The Morgan fingerprint density at radius 2 is 1.83 bits per heavy atom. The lowest BCUT2D eigenvalue weighted by Gasteiger charge is -2.36. The Morgan fingerprint density at radius 1 is 1.03 bits per heavy atom. The molecule has 0 unspecified atom stereocenters. The Morgan fingerprint density at radius 3 is 2.60 bits per heavy atom. The summed E-state index contributed by atoms with van der Waals surface area (Å²) in [5.74, 6) is 1.64. The predicted octanol–water partition coefficient (Wildman–Crippen LogP) is 2.48. The zero-order valence-electron chi connectivity index (χ0n) is 17.1. The first-order valence-electron chi connectivity index (χ1n) is 10.2. The standard InChI is InChI=1S/C22H26N6O2/c1-30-20-10-5-9-19(17-20)26-13-15-27(16-14-26)21(29)11-6-12-28-24-22(23-25-28)18-7-3-2-4-8-18/h2-5,7-10,17H,6,11-16H2,1H3. The molecule has 0 N–H and O–H groups in total. The minimum Gasteiger partial charge on any atom is -0.497 e. The maximum absolute atomic E-state index is 12.6. The van der Waals surface area contributed by atoms with E-state index in [0.717, 1.165) is 43.2 Å². The van der Waals surface area contributed by atoms with Crippen LogP contribution in [0.3, 0.4) is 0 Å². The molecule has 30 heavy (non-hydrogen) atoms. The van der Waals surface area contributed by atoms with Crippen molar-refractivity contribution in [1.29, 1.82) is 0 Å². The van der Waals surface area contributed by atoms with E-state index in [0.29, 0.717) is 25.2 Å². The summed E-state index contributed by atoms with van der Waals surface area (Å²) < 4.78 is 5.30. The number of amides is 1. The molecule has 2 heterocycles. The number of hydrogen-bond acceptors (Lipinski definition) is 6. The summed E-state index contributed by atoms with van der Waals surface area (Å²) in [5.41, 5.74) is 2.07. The van der Waals surface area contributed by atoms with Gasteiger partial charge in [-0.3, -0.25) is 4.79 Å². The van der Waals surface area contributed by atoms with E-state index < -0.39 is 0 Å². The number of hydrogen-bond donors (Lipinski definition) is 0. The van der Waals surface area contributed by atoms with Crippen LogP contribution in [0, 0.1) is 0 Å². The predicted molar refractivity (Wildman–Crippen MR) is 114 cm³/mol. The fourth-order valence-corrected chi connectivity index (χ4v) is 3.59. The van der Waals surface area contributed by atoms with E-state index >= 15 is 0 Å². The molecule has 156 valence electrons. The largest absolute Gasteiger partial charge is 0.497 e. The molecular formula is C22H26N6O2. The molecule has 1 aliphatic rings. The van der Waals surface area contributed by atoms with Crippen molar-refractivity contribution in [1.82, 2.24) is 25.1 Å². The van der Waals surface area contributed by atoms with Gasteiger partial charge in [0.05, 0.1) is 13.7 Å². The molecule has 1 amide bonds. The highest BCUT2D eigenvalue weighted by Gasteiger charge is 2.21. The third-order valence-electron chi connectivity index (χ3n) is 5.28. The van der Waals surface area contributed by atoms with Crippen LogP contribution >= 0.6 is 0 Å². The van der Waals surface area contributed by atoms with Gasteiger partial charge in [-0.1, -0.05) is 36.4 Å². The number of methoxy groups -OCH3 is 1. The molecular weight excluding hydrogens is 380 g/mol. The Hall–Kier alpha value is -3.42. The van der Waals surface area contributed by atoms with E-state index in [1.807, 2.05) is 53.4 Å². The monoisotopic (exact) mass is 406 g/mol. The fourth-order valence-electron chi connectivity index (χ4n) is 3.59. The van der Waals surface area contributed by atoms with Crippen molar-refractivity contribution in [3.8, 4) is 17.1 Å². The summed E-state index contributed by atoms with van der Waals surface area (Å²) in [6, 6.07) is 17.8. The number of carbonyl (C=O) groups is 1. The molecule has 0 radical (unpaired) electrons. The summed E-state index contributed by atoms with van der Waals surface area (Å²) in [5, 5.41) is 12.6. The van der Waals surface area contributed by atoms with Crippen LogP contribution in [0.4, 0.5) is 5.69 Å². The molecule has 1 aromatic heterocycles. The number of ether oxygens (including phenoxy) is 1. The van der Waals surface area contributed by atoms with Crippen molar-refractivity contribution in [3.63, 3.8) is 0 Å². The lowest BCUT2D eigenvalue weighted by atomic mass is 10.2. The van der Waals surface area contributed by atoms with Crippen LogP contribution < -0.4 is 9.64 Å². The van der Waals surface area contributed by atoms with Gasteiger partial charge in [0.25, 0.3) is 0 Å². The summed E-state index contributed by atoms with van der Waals surface area (Å²) in [4.78, 5) is 18.4. The molecule has 1 aliphatic heterocycles. The van der Waals surface area contributed by atoms with Gasteiger partial charge in [-0.05, 0) is 23.8 Å². The average molecular weight is 406 g/mol. The van der Waals surface area contributed by atoms with Gasteiger partial charge in [0.2, 0.25) is 11.7 Å². The number of carbonyl (C=O) groups excluding carboxylic acids is 1. The van der Waals surface area contributed by atoms with Gasteiger partial charge < -0.3 is 14.5 Å². The number of tetrazole rings is 1. The fraction of sp³-hybridized carbons (Fsp3) is 0.364. The van der Waals surface area contributed by atoms with Crippen LogP contribution in [0.2, 0.25) is 0 Å². The van der Waals surface area contributed by atoms with Gasteiger partial charge in [-0.15, -0.1) is 10.2 Å². The third-order valence-corrected chi connectivity index (χ3v) is 5.28. The van der Waals surface area contributed by atoms with E-state index in [1.165, 1.54) is 0 Å². The minimum atomic E-state index is 0.184. The smallest absolute Gasteiger partial charge is 0.222 e. The molecule has 1 saturated heterocycles. The maximum Gasteiger partial charge on any atom is 0.222 e. The average Bonchev–Trinajstić information content (AvgIpc) is 3.29. The van der Waals surface area contributed by atoms with Crippen LogP contribution in [0.25, 0.3) is 11.4 Å². The van der Waals surface area contributed by atoms with Gasteiger partial charge in [-0.2, -0.15) is 4.80 Å². The number of aromatic nitrogens is 4. The van der Waals surface area contributed by atoms with Crippen LogP contribution in [0.1, 0.15) is 12.8 Å². The Bertz CT molecular complexity index is 967. The summed E-state index contributed by atoms with van der Waals surface area (Å²) in [7, 11) is 1.67. The molecule has 2 aromatic carbocycles. The second kappa shape index (κ2) is 9.39. The van der Waals surface area contributed by atoms with Gasteiger partial charge >= 0.3 is 0 Å². The van der Waals surface area contributed by atoms with E-state index in [1.54, 1.807) is 11.9 Å². The second-order valence-corrected chi connectivity index (χ2v) is 7.25. The van der Waals surface area contributed by atoms with Gasteiger partial charge in [0, 0.05) is 49.9 Å². The van der Waals surface area contributed by atoms with Crippen molar-refractivity contribution in [3.05, 3.63) is 54.6 Å². The summed E-state index contributed by atoms with van der Waals surface area (Å²) in [6.07, 6.45) is 1.18. The molecule has 1 fully saturated rings. The SMILES string of the molecule is COc1cccc(N2CCN(C(=O)CCCn3nnc(-c4ccccc4)n3)CC2)c1. The van der Waals surface area contributed by atoms with E-state index in [2.05, 4.69) is 26.4 Å². The van der Waals surface area contributed by atoms with Crippen molar-refractivity contribution < 1.29 is 9.53 Å². The Kier molecular flexibility index (Phi) is 6.22. The van der Waals surface area contributed by atoms with Gasteiger partial charge in [0.15, 0.2) is 0 Å². The normalized spacial score (nSPS) is 14.0. The topological polar surface area (TPSA) is 76.4 Å². The van der Waals surface area contributed by atoms with Crippen LogP contribution in [-0.2, 0) is 11.3 Å². The molecule has 8 nitrogen and oxygen atoms in total. The van der Waals surface area contributed by atoms with Gasteiger partial charge in [0.1, 0.15) is 5.75 Å². The molecule has 4 rings (SSSR count). The van der Waals surface area contributed by atoms with Crippen molar-refractivity contribution in [2.75, 3.05) is 38.2 Å². The molecule has 0 saturated carbocycles. The zero-order chi connectivity index (χ0) is 20.8. The highest BCUT2D eigenvalue weighted by atomic mass is 16.5. The summed E-state index contributed by atoms with van der Waals surface area (Å²) in [6.45, 7) is 3.69. The zero-order valence-corrected chi connectivity index (χ0v) is 17.1. The number of benzene rings is 2. The van der Waals surface area contributed by atoms with Crippen molar-refractivity contribution in [2.45, 2.75) is 19.4 Å². The molecule has 0 atom stereocenters. The van der Waals surface area contributed by atoms with Crippen molar-refractivity contribution >= 4 is 11.6 Å². The lowest BCUT2D eigenvalue weighted by molar-refractivity contribution is -0.131. The highest BCUT2D eigenvalue weighted by molar-refractivity contribution is 5.76. The van der Waals surface area contributed by atoms with Crippen LogP contribution in [0.5, 0.6) is 5.75 Å². The molecule has 3 aromatic rings. The third kappa shape index (κ3) is 4.76. The summed E-state index contributed by atoms with van der Waals surface area (Å²) >= 11 is 0. The number of aryl methyl sites for hydroxylation is 1. The minimum absolute atomic E-state index is 0.184. The van der Waals surface area contributed by atoms with E-state index in [-0.39, 0.29) is 5.91 Å². The molecule has 8 heteroatoms. The maximum atomic E-state index is 12.6. The quantitative estimate of drug-likeness (QED) is 0.600. The molecule has 0 bridgehead atoms. The van der Waals surface area contributed by atoms with Crippen LogP contribution in [-0.4, -0.2) is 64.3 Å². The number of rotatable bonds is 7. The first kappa shape index (κ1) is 19.9.